The number of rotatable bonds is 5. The van der Waals surface area contributed by atoms with Crippen LogP contribution < -0.4 is 0 Å². The number of nitrogens with zero attached hydrogens (tertiary/aromatic N) is 1. The van der Waals surface area contributed by atoms with Crippen LogP contribution in [0.15, 0.2) is 48.5 Å². The Labute approximate surface area is 189 Å². The molecule has 1 aliphatic heterocycles. The fourth-order valence-electron chi connectivity index (χ4n) is 5.54. The quantitative estimate of drug-likeness (QED) is 0.708. The third-order valence-corrected chi connectivity index (χ3v) is 6.62. The topological polar surface area (TPSA) is 76.1 Å². The maximum Gasteiger partial charge on any atom is 0.410 e. The van der Waals surface area contributed by atoms with Gasteiger partial charge in [0.05, 0.1) is 12.2 Å². The first-order valence-corrected chi connectivity index (χ1v) is 11.3. The van der Waals surface area contributed by atoms with E-state index in [4.69, 9.17) is 9.47 Å². The summed E-state index contributed by atoms with van der Waals surface area (Å²) < 4.78 is 11.6. The molecule has 1 saturated heterocycles. The van der Waals surface area contributed by atoms with Gasteiger partial charge >= 0.3 is 12.1 Å². The van der Waals surface area contributed by atoms with Crippen molar-refractivity contribution in [2.45, 2.75) is 70.2 Å². The van der Waals surface area contributed by atoms with E-state index in [0.717, 1.165) is 22.3 Å². The monoisotopic (exact) mass is 437 g/mol. The van der Waals surface area contributed by atoms with Crippen molar-refractivity contribution in [2.24, 2.45) is 0 Å². The van der Waals surface area contributed by atoms with Crippen LogP contribution in [-0.4, -0.2) is 52.5 Å². The molecule has 32 heavy (non-hydrogen) atoms. The van der Waals surface area contributed by atoms with Gasteiger partial charge in [0.1, 0.15) is 12.1 Å². The van der Waals surface area contributed by atoms with E-state index >= 15 is 0 Å². The zero-order valence-electron chi connectivity index (χ0n) is 19.1. The number of carbonyl (C=O) groups excluding carboxylic acids is 1. The maximum atomic E-state index is 13.4. The molecule has 6 heteroatoms. The fourth-order valence-corrected chi connectivity index (χ4v) is 5.54. The van der Waals surface area contributed by atoms with Gasteiger partial charge in [-0.1, -0.05) is 48.5 Å². The second-order valence-electron chi connectivity index (χ2n) is 9.27. The number of ether oxygens (including phenoxy) is 2. The number of aliphatic carboxylic acids is 1. The van der Waals surface area contributed by atoms with Crippen molar-refractivity contribution < 1.29 is 24.2 Å². The first-order chi connectivity index (χ1) is 15.2. The molecule has 0 bridgehead atoms. The average molecular weight is 438 g/mol. The first-order valence-electron chi connectivity index (χ1n) is 11.3. The summed E-state index contributed by atoms with van der Waals surface area (Å²) >= 11 is 0. The van der Waals surface area contributed by atoms with Crippen LogP contribution in [0.3, 0.4) is 0 Å². The van der Waals surface area contributed by atoms with Gasteiger partial charge < -0.3 is 14.6 Å². The Morgan fingerprint density at radius 3 is 2.00 bits per heavy atom. The minimum absolute atomic E-state index is 0.0753. The molecule has 6 nitrogen and oxygen atoms in total. The summed E-state index contributed by atoms with van der Waals surface area (Å²) in [6.45, 7) is 7.52. The SMILES string of the molecule is CC1CC(C(=O)O)(N(C(=O)OCC2c3ccccc3-c3ccccc32)C(C)C)CC(C)O1. The van der Waals surface area contributed by atoms with Crippen molar-refractivity contribution in [3.8, 4) is 11.1 Å². The standard InChI is InChI=1S/C26H31NO5/c1-16(2)27(26(24(28)29)13-17(3)32-18(4)14-26)25(30)31-15-23-21-11-7-5-9-19(21)20-10-6-8-12-22(20)23/h5-12,16-18,23H,13-15H2,1-4H3,(H,28,29). The molecule has 2 atom stereocenters. The second-order valence-corrected chi connectivity index (χ2v) is 9.27. The lowest BCUT2D eigenvalue weighted by Gasteiger charge is -2.47. The van der Waals surface area contributed by atoms with Crippen molar-refractivity contribution >= 4 is 12.1 Å². The van der Waals surface area contributed by atoms with Crippen LogP contribution in [0, 0.1) is 0 Å². The Kier molecular flexibility index (Phi) is 5.99. The van der Waals surface area contributed by atoms with Crippen LogP contribution in [0.1, 0.15) is 57.6 Å². The van der Waals surface area contributed by atoms with Crippen molar-refractivity contribution in [2.75, 3.05) is 6.61 Å². The molecule has 0 spiro atoms. The zero-order chi connectivity index (χ0) is 23.0. The largest absolute Gasteiger partial charge is 0.479 e. The minimum atomic E-state index is -1.35. The number of fused-ring (bicyclic) bond motifs is 3. The Hall–Kier alpha value is -2.86. The highest BCUT2D eigenvalue weighted by Gasteiger charge is 2.53. The molecule has 2 aromatic rings. The molecule has 0 saturated carbocycles. The summed E-state index contributed by atoms with van der Waals surface area (Å²) in [5, 5.41) is 10.2. The summed E-state index contributed by atoms with van der Waals surface area (Å²) in [6, 6.07) is 16.0. The van der Waals surface area contributed by atoms with Crippen molar-refractivity contribution in [3.63, 3.8) is 0 Å². The van der Waals surface area contributed by atoms with E-state index in [1.54, 1.807) is 0 Å². The maximum absolute atomic E-state index is 13.4. The first kappa shape index (κ1) is 22.3. The summed E-state index contributed by atoms with van der Waals surface area (Å²) in [4.78, 5) is 27.3. The van der Waals surface area contributed by atoms with E-state index in [0.29, 0.717) is 0 Å². The lowest BCUT2D eigenvalue weighted by atomic mass is 9.82. The van der Waals surface area contributed by atoms with Gasteiger partial charge in [0.25, 0.3) is 0 Å². The third kappa shape index (κ3) is 3.77. The molecule has 2 unspecified atom stereocenters. The number of hydrogen-bond acceptors (Lipinski definition) is 4. The number of carbonyl (C=O) groups is 2. The van der Waals surface area contributed by atoms with Crippen LogP contribution in [0.2, 0.25) is 0 Å². The van der Waals surface area contributed by atoms with E-state index in [9.17, 15) is 14.7 Å². The van der Waals surface area contributed by atoms with Crippen molar-refractivity contribution in [1.82, 2.24) is 4.90 Å². The normalized spacial score (nSPS) is 24.7. The number of carboxylic acids is 1. The van der Waals surface area contributed by atoms with E-state index in [2.05, 4.69) is 24.3 Å². The summed E-state index contributed by atoms with van der Waals surface area (Å²) in [5.41, 5.74) is 3.20. The van der Waals surface area contributed by atoms with Gasteiger partial charge in [-0.25, -0.2) is 9.59 Å². The number of amides is 1. The molecule has 1 N–H and O–H groups in total. The summed E-state index contributed by atoms with van der Waals surface area (Å²) in [5.74, 6) is -1.09. The molecule has 170 valence electrons. The zero-order valence-corrected chi connectivity index (χ0v) is 19.1. The lowest BCUT2D eigenvalue weighted by Crippen LogP contribution is -2.64. The van der Waals surface area contributed by atoms with Gasteiger partial charge in [-0.2, -0.15) is 0 Å². The van der Waals surface area contributed by atoms with Gasteiger partial charge in [0.15, 0.2) is 0 Å². The van der Waals surface area contributed by atoms with Gasteiger partial charge in [-0.15, -0.1) is 0 Å². The Balaban J connectivity index is 1.60. The molecule has 2 aliphatic rings. The fraction of sp³-hybridized carbons (Fsp3) is 0.462. The van der Waals surface area contributed by atoms with Crippen LogP contribution in [0.4, 0.5) is 4.79 Å². The minimum Gasteiger partial charge on any atom is -0.479 e. The molecule has 0 aromatic heterocycles. The van der Waals surface area contributed by atoms with E-state index in [1.165, 1.54) is 4.90 Å². The number of carboxylic acid groups (broad SMARTS) is 1. The van der Waals surface area contributed by atoms with E-state index < -0.39 is 17.6 Å². The third-order valence-electron chi connectivity index (χ3n) is 6.62. The van der Waals surface area contributed by atoms with Crippen LogP contribution >= 0.6 is 0 Å². The van der Waals surface area contributed by atoms with Gasteiger partial charge in [-0.05, 0) is 49.9 Å². The lowest BCUT2D eigenvalue weighted by molar-refractivity contribution is -0.169. The molecular formula is C26H31NO5. The summed E-state index contributed by atoms with van der Waals surface area (Å²) in [7, 11) is 0. The Bertz CT molecular complexity index is 961. The van der Waals surface area contributed by atoms with Gasteiger partial charge in [0.2, 0.25) is 0 Å². The second kappa shape index (κ2) is 8.58. The molecule has 1 amide bonds. The van der Waals surface area contributed by atoms with E-state index in [1.807, 2.05) is 52.0 Å². The smallest absolute Gasteiger partial charge is 0.410 e. The molecule has 2 aromatic carbocycles. The van der Waals surface area contributed by atoms with Crippen molar-refractivity contribution in [1.29, 1.82) is 0 Å². The molecule has 1 heterocycles. The van der Waals surface area contributed by atoms with Crippen LogP contribution in [0.25, 0.3) is 11.1 Å². The molecule has 0 radical (unpaired) electrons. The van der Waals surface area contributed by atoms with Gasteiger partial charge in [0, 0.05) is 24.8 Å². The highest BCUT2D eigenvalue weighted by Crippen LogP contribution is 2.45. The molecule has 1 fully saturated rings. The highest BCUT2D eigenvalue weighted by atomic mass is 16.6. The molecule has 4 rings (SSSR count). The predicted molar refractivity (Wildman–Crippen MR) is 122 cm³/mol. The number of benzene rings is 2. The molecule has 1 aliphatic carbocycles. The van der Waals surface area contributed by atoms with Gasteiger partial charge in [-0.3, -0.25) is 4.90 Å². The van der Waals surface area contributed by atoms with Crippen LogP contribution in [-0.2, 0) is 14.3 Å². The summed E-state index contributed by atoms with van der Waals surface area (Å²) in [6.07, 6.45) is -0.662. The van der Waals surface area contributed by atoms with Crippen molar-refractivity contribution in [3.05, 3.63) is 59.7 Å². The Morgan fingerprint density at radius 2 is 1.53 bits per heavy atom. The highest BCUT2D eigenvalue weighted by molar-refractivity contribution is 5.85. The number of hydrogen-bond donors (Lipinski definition) is 1. The predicted octanol–water partition coefficient (Wildman–Crippen LogP) is 5.06. The average Bonchev–Trinajstić information content (AvgIpc) is 3.05. The Morgan fingerprint density at radius 1 is 1.03 bits per heavy atom. The van der Waals surface area contributed by atoms with Crippen LogP contribution in [0.5, 0.6) is 0 Å². The molecular weight excluding hydrogens is 406 g/mol. The van der Waals surface area contributed by atoms with E-state index in [-0.39, 0.29) is 43.6 Å².